The van der Waals surface area contributed by atoms with Crippen molar-refractivity contribution in [2.45, 2.75) is 19.4 Å². The largest absolute Gasteiger partial charge is 0.484 e. The second-order valence-electron chi connectivity index (χ2n) is 6.05. The molecule has 3 rings (SSSR count). The topological polar surface area (TPSA) is 58.6 Å². The van der Waals surface area contributed by atoms with Gasteiger partial charge in [-0.15, -0.1) is 0 Å². The Bertz CT molecular complexity index is 759. The maximum absolute atomic E-state index is 12.2. The monoisotopic (exact) mass is 358 g/mol. The molecule has 0 bridgehead atoms. The summed E-state index contributed by atoms with van der Waals surface area (Å²) in [5, 5.41) is 3.46. The highest BCUT2D eigenvalue weighted by Crippen LogP contribution is 2.22. The van der Waals surface area contributed by atoms with Gasteiger partial charge in [-0.3, -0.25) is 9.59 Å². The molecule has 1 aliphatic rings. The second kappa shape index (κ2) is 7.57. The number of carbonyl (C=O) groups is 2. The number of amides is 2. The van der Waals surface area contributed by atoms with Crippen LogP contribution in [0, 0.1) is 6.92 Å². The third-order valence-electron chi connectivity index (χ3n) is 4.02. The Morgan fingerprint density at radius 1 is 1.20 bits per heavy atom. The molecule has 25 heavy (non-hydrogen) atoms. The van der Waals surface area contributed by atoms with Crippen LogP contribution in [0.25, 0.3) is 0 Å². The number of aryl methyl sites for hydroxylation is 1. The molecule has 0 radical (unpaired) electrons. The summed E-state index contributed by atoms with van der Waals surface area (Å²) in [4.78, 5) is 25.9. The van der Waals surface area contributed by atoms with Gasteiger partial charge in [0.15, 0.2) is 6.61 Å². The van der Waals surface area contributed by atoms with Crippen molar-refractivity contribution < 1.29 is 14.3 Å². The summed E-state index contributed by atoms with van der Waals surface area (Å²) in [5.41, 5.74) is 1.99. The van der Waals surface area contributed by atoms with Gasteiger partial charge in [0.1, 0.15) is 5.75 Å². The van der Waals surface area contributed by atoms with Gasteiger partial charge in [-0.05, 0) is 43.3 Å². The summed E-state index contributed by atoms with van der Waals surface area (Å²) in [6.07, 6.45) is 0.292. The van der Waals surface area contributed by atoms with Gasteiger partial charge in [0.25, 0.3) is 5.91 Å². The van der Waals surface area contributed by atoms with Crippen LogP contribution >= 0.6 is 11.6 Å². The van der Waals surface area contributed by atoms with E-state index in [1.807, 2.05) is 31.2 Å². The van der Waals surface area contributed by atoms with Crippen molar-refractivity contribution in [2.75, 3.05) is 18.1 Å². The first kappa shape index (κ1) is 17.3. The van der Waals surface area contributed by atoms with E-state index in [0.29, 0.717) is 23.7 Å². The SMILES string of the molecule is Cc1ccc(N2CC(NC(=O)COc3ccc(Cl)cc3)CC2=O)cc1. The van der Waals surface area contributed by atoms with E-state index in [2.05, 4.69) is 5.32 Å². The number of halogens is 1. The standard InChI is InChI=1S/C19H19ClN2O3/c1-13-2-6-16(7-3-13)22-11-15(10-19(22)24)21-18(23)12-25-17-8-4-14(20)5-9-17/h2-9,15H,10-12H2,1H3,(H,21,23). The Kier molecular flexibility index (Phi) is 5.24. The molecule has 1 heterocycles. The Labute approximate surface area is 151 Å². The average Bonchev–Trinajstić information content (AvgIpc) is 2.95. The minimum Gasteiger partial charge on any atom is -0.484 e. The number of nitrogens with zero attached hydrogens (tertiary/aromatic N) is 1. The summed E-state index contributed by atoms with van der Waals surface area (Å²) < 4.78 is 5.42. The van der Waals surface area contributed by atoms with Crippen molar-refractivity contribution in [3.63, 3.8) is 0 Å². The predicted octanol–water partition coefficient (Wildman–Crippen LogP) is 2.95. The molecule has 5 nitrogen and oxygen atoms in total. The molecule has 0 saturated carbocycles. The molecule has 2 aromatic carbocycles. The van der Waals surface area contributed by atoms with E-state index in [9.17, 15) is 9.59 Å². The van der Waals surface area contributed by atoms with Crippen LogP contribution in [0.3, 0.4) is 0 Å². The fourth-order valence-electron chi connectivity index (χ4n) is 2.73. The third-order valence-corrected chi connectivity index (χ3v) is 4.27. The maximum Gasteiger partial charge on any atom is 0.258 e. The number of hydrogen-bond donors (Lipinski definition) is 1. The Hall–Kier alpha value is -2.53. The van der Waals surface area contributed by atoms with Gasteiger partial charge in [-0.25, -0.2) is 0 Å². The summed E-state index contributed by atoms with van der Waals surface area (Å²) in [7, 11) is 0. The van der Waals surface area contributed by atoms with Crippen LogP contribution in [0.5, 0.6) is 5.75 Å². The lowest BCUT2D eigenvalue weighted by atomic mass is 10.2. The maximum atomic E-state index is 12.2. The Morgan fingerprint density at radius 2 is 1.88 bits per heavy atom. The first-order chi connectivity index (χ1) is 12.0. The predicted molar refractivity (Wildman–Crippen MR) is 97.0 cm³/mol. The first-order valence-corrected chi connectivity index (χ1v) is 8.44. The minimum atomic E-state index is -0.251. The van der Waals surface area contributed by atoms with Crippen molar-refractivity contribution in [3.05, 3.63) is 59.1 Å². The van der Waals surface area contributed by atoms with Crippen LogP contribution in [-0.4, -0.2) is 31.0 Å². The van der Waals surface area contributed by atoms with Crippen molar-refractivity contribution in [2.24, 2.45) is 0 Å². The molecule has 0 aromatic heterocycles. The molecule has 130 valence electrons. The van der Waals surface area contributed by atoms with Crippen molar-refractivity contribution in [3.8, 4) is 5.75 Å². The molecule has 0 spiro atoms. The molecular formula is C19H19ClN2O3. The summed E-state index contributed by atoms with van der Waals surface area (Å²) in [6, 6.07) is 14.4. The number of nitrogens with one attached hydrogen (secondary N) is 1. The van der Waals surface area contributed by atoms with Crippen molar-refractivity contribution in [1.29, 1.82) is 0 Å². The highest BCUT2D eigenvalue weighted by atomic mass is 35.5. The molecule has 2 amide bonds. The molecule has 1 aliphatic heterocycles. The van der Waals surface area contributed by atoms with Gasteiger partial charge in [0, 0.05) is 23.7 Å². The molecule has 0 aliphatic carbocycles. The minimum absolute atomic E-state index is 0.00720. The van der Waals surface area contributed by atoms with Crippen LogP contribution < -0.4 is 15.0 Å². The Balaban J connectivity index is 1.51. The second-order valence-corrected chi connectivity index (χ2v) is 6.49. The van der Waals surface area contributed by atoms with E-state index in [4.69, 9.17) is 16.3 Å². The fourth-order valence-corrected chi connectivity index (χ4v) is 2.85. The zero-order valence-electron chi connectivity index (χ0n) is 13.9. The highest BCUT2D eigenvalue weighted by Gasteiger charge is 2.31. The number of carbonyl (C=O) groups excluding carboxylic acids is 2. The van der Waals surface area contributed by atoms with Crippen molar-refractivity contribution in [1.82, 2.24) is 5.32 Å². The molecule has 1 atom stereocenters. The zero-order valence-corrected chi connectivity index (χ0v) is 14.6. The smallest absolute Gasteiger partial charge is 0.258 e. The number of ether oxygens (including phenoxy) is 1. The van der Waals surface area contributed by atoms with Crippen LogP contribution in [0.1, 0.15) is 12.0 Å². The molecule has 1 saturated heterocycles. The molecule has 6 heteroatoms. The van der Waals surface area contributed by atoms with Crippen LogP contribution in [0.15, 0.2) is 48.5 Å². The molecule has 1 unspecified atom stereocenters. The summed E-state index contributed by atoms with van der Waals surface area (Å²) >= 11 is 5.80. The number of benzene rings is 2. The van der Waals surface area contributed by atoms with Gasteiger partial charge in [0.2, 0.25) is 5.91 Å². The summed E-state index contributed by atoms with van der Waals surface area (Å²) in [5.74, 6) is 0.328. The third kappa shape index (κ3) is 4.51. The normalized spacial score (nSPS) is 16.8. The van der Waals surface area contributed by atoms with E-state index in [1.54, 1.807) is 29.2 Å². The van der Waals surface area contributed by atoms with Crippen LogP contribution in [0.2, 0.25) is 5.02 Å². The van der Waals surface area contributed by atoms with Gasteiger partial charge < -0.3 is 15.0 Å². The van der Waals surface area contributed by atoms with Gasteiger partial charge in [0.05, 0.1) is 6.04 Å². The summed E-state index contributed by atoms with van der Waals surface area (Å²) in [6.45, 7) is 2.37. The van der Waals surface area contributed by atoms with Crippen LogP contribution in [0.4, 0.5) is 5.69 Å². The number of rotatable bonds is 5. The lowest BCUT2D eigenvalue weighted by Gasteiger charge is -2.17. The van der Waals surface area contributed by atoms with E-state index in [1.165, 1.54) is 0 Å². The lowest BCUT2D eigenvalue weighted by Crippen LogP contribution is -2.39. The first-order valence-electron chi connectivity index (χ1n) is 8.06. The van der Waals surface area contributed by atoms with Gasteiger partial charge in [-0.1, -0.05) is 29.3 Å². The van der Waals surface area contributed by atoms with E-state index < -0.39 is 0 Å². The molecule has 2 aromatic rings. The van der Waals surface area contributed by atoms with Gasteiger partial charge >= 0.3 is 0 Å². The van der Waals surface area contributed by atoms with Gasteiger partial charge in [-0.2, -0.15) is 0 Å². The number of hydrogen-bond acceptors (Lipinski definition) is 3. The van der Waals surface area contributed by atoms with E-state index in [0.717, 1.165) is 11.3 Å². The Morgan fingerprint density at radius 3 is 2.56 bits per heavy atom. The average molecular weight is 359 g/mol. The van der Waals surface area contributed by atoms with E-state index >= 15 is 0 Å². The van der Waals surface area contributed by atoms with Crippen molar-refractivity contribution >= 4 is 29.1 Å². The quantitative estimate of drug-likeness (QED) is 0.894. The molecular weight excluding hydrogens is 340 g/mol. The van der Waals surface area contributed by atoms with E-state index in [-0.39, 0.29) is 24.5 Å². The fraction of sp³-hybridized carbons (Fsp3) is 0.263. The van der Waals surface area contributed by atoms with Crippen LogP contribution in [-0.2, 0) is 9.59 Å². The lowest BCUT2D eigenvalue weighted by molar-refractivity contribution is -0.123. The zero-order chi connectivity index (χ0) is 17.8. The number of anilines is 1. The molecule has 1 fully saturated rings. The highest BCUT2D eigenvalue weighted by molar-refractivity contribution is 6.30. The molecule has 1 N–H and O–H groups in total.